The molecular formula is C21H13Cl4N3O5. The molecule has 12 heteroatoms. The van der Waals surface area contributed by atoms with Gasteiger partial charge in [0.25, 0.3) is 5.69 Å². The van der Waals surface area contributed by atoms with Crippen molar-refractivity contribution < 1.29 is 19.2 Å². The number of carbonyl (C=O) groups excluding carboxylic acids is 1. The summed E-state index contributed by atoms with van der Waals surface area (Å²) in [5.41, 5.74) is 0.406. The van der Waals surface area contributed by atoms with E-state index in [4.69, 9.17) is 55.9 Å². The standard InChI is InChI=1S/C21H13Cl4N3O5/c1-32-20(18-14(22)3-2-4-15(18)23)27-21(29)26-11-9-16(24)19(17(25)10-11)33-13-7-5-12(6-8-13)28(30)31/h2-10H,1H3,(H,26,29). The van der Waals surface area contributed by atoms with Crippen molar-refractivity contribution in [3.05, 3.63) is 90.4 Å². The summed E-state index contributed by atoms with van der Waals surface area (Å²) in [6.45, 7) is 0. The highest BCUT2D eigenvalue weighted by molar-refractivity contribution is 6.40. The first-order valence-electron chi connectivity index (χ1n) is 8.99. The van der Waals surface area contributed by atoms with Crippen LogP contribution in [-0.4, -0.2) is 24.0 Å². The number of ether oxygens (including phenoxy) is 2. The van der Waals surface area contributed by atoms with Gasteiger partial charge in [-0.3, -0.25) is 10.1 Å². The molecule has 0 spiro atoms. The third kappa shape index (κ3) is 6.06. The van der Waals surface area contributed by atoms with Gasteiger partial charge >= 0.3 is 6.03 Å². The highest BCUT2D eigenvalue weighted by atomic mass is 35.5. The van der Waals surface area contributed by atoms with Gasteiger partial charge in [0.05, 0.1) is 37.7 Å². The first-order chi connectivity index (χ1) is 15.7. The van der Waals surface area contributed by atoms with E-state index in [1.54, 1.807) is 18.2 Å². The van der Waals surface area contributed by atoms with Crippen molar-refractivity contribution in [2.45, 2.75) is 0 Å². The Morgan fingerprint density at radius 2 is 1.55 bits per heavy atom. The Hall–Kier alpha value is -3.04. The molecule has 1 N–H and O–H groups in total. The number of nitrogens with one attached hydrogen (secondary N) is 1. The van der Waals surface area contributed by atoms with Crippen molar-refractivity contribution in [1.82, 2.24) is 0 Å². The van der Waals surface area contributed by atoms with Crippen LogP contribution in [0.5, 0.6) is 11.5 Å². The zero-order valence-corrected chi connectivity index (χ0v) is 19.7. The minimum absolute atomic E-state index is 0.0845. The SMILES string of the molecule is COC(=NC(=O)Nc1cc(Cl)c(Oc2ccc([N+](=O)[O-])cc2)c(Cl)c1)c1c(Cl)cccc1Cl. The summed E-state index contributed by atoms with van der Waals surface area (Å²) in [4.78, 5) is 26.5. The normalized spacial score (nSPS) is 11.1. The van der Waals surface area contributed by atoms with Crippen molar-refractivity contribution >= 4 is 69.7 Å². The molecule has 33 heavy (non-hydrogen) atoms. The van der Waals surface area contributed by atoms with Gasteiger partial charge in [0.15, 0.2) is 5.75 Å². The van der Waals surface area contributed by atoms with E-state index in [0.717, 1.165) is 0 Å². The molecule has 0 fully saturated rings. The lowest BCUT2D eigenvalue weighted by atomic mass is 10.2. The number of anilines is 1. The number of aliphatic imine (C=N–C) groups is 1. The second-order valence-electron chi connectivity index (χ2n) is 6.27. The van der Waals surface area contributed by atoms with Crippen LogP contribution in [0.15, 0.2) is 59.6 Å². The average molecular weight is 529 g/mol. The smallest absolute Gasteiger partial charge is 0.348 e. The Bertz CT molecular complexity index is 1210. The number of nitrogens with zero attached hydrogens (tertiary/aromatic N) is 2. The number of carbonyl (C=O) groups is 1. The van der Waals surface area contributed by atoms with Crippen molar-refractivity contribution in [1.29, 1.82) is 0 Å². The van der Waals surface area contributed by atoms with E-state index in [9.17, 15) is 14.9 Å². The van der Waals surface area contributed by atoms with Crippen LogP contribution < -0.4 is 10.1 Å². The van der Waals surface area contributed by atoms with E-state index in [2.05, 4.69) is 10.3 Å². The number of nitro benzene ring substituents is 1. The van der Waals surface area contributed by atoms with Gasteiger partial charge in [0.2, 0.25) is 5.90 Å². The summed E-state index contributed by atoms with van der Waals surface area (Å²) in [6, 6.07) is 12.2. The maximum absolute atomic E-state index is 12.4. The molecule has 2 amide bonds. The van der Waals surface area contributed by atoms with E-state index in [-0.39, 0.29) is 54.4 Å². The number of non-ortho nitro benzene ring substituents is 1. The molecule has 3 rings (SSSR count). The second-order valence-corrected chi connectivity index (χ2v) is 7.90. The third-order valence-electron chi connectivity index (χ3n) is 4.09. The predicted octanol–water partition coefficient (Wildman–Crippen LogP) is 7.63. The predicted molar refractivity (Wildman–Crippen MR) is 129 cm³/mol. The number of hydrogen-bond acceptors (Lipinski definition) is 5. The molecular weight excluding hydrogens is 516 g/mol. The summed E-state index contributed by atoms with van der Waals surface area (Å²) in [5, 5.41) is 14.0. The van der Waals surface area contributed by atoms with Crippen LogP contribution in [0, 0.1) is 10.1 Å². The molecule has 0 radical (unpaired) electrons. The van der Waals surface area contributed by atoms with E-state index in [1.165, 1.54) is 43.5 Å². The molecule has 0 unspecified atom stereocenters. The maximum Gasteiger partial charge on any atom is 0.348 e. The second kappa shape index (κ2) is 10.7. The summed E-state index contributed by atoms with van der Waals surface area (Å²) in [5.74, 6) is 0.305. The van der Waals surface area contributed by atoms with Gasteiger partial charge in [-0.1, -0.05) is 52.5 Å². The molecule has 8 nitrogen and oxygen atoms in total. The van der Waals surface area contributed by atoms with Crippen LogP contribution in [-0.2, 0) is 4.74 Å². The largest absolute Gasteiger partial charge is 0.480 e. The summed E-state index contributed by atoms with van der Waals surface area (Å²) < 4.78 is 10.8. The number of methoxy groups -OCH3 is 1. The number of benzene rings is 3. The molecule has 0 aliphatic rings. The number of rotatable bonds is 5. The zero-order valence-electron chi connectivity index (χ0n) is 16.6. The van der Waals surface area contributed by atoms with Gasteiger partial charge in [-0.25, -0.2) is 4.79 Å². The van der Waals surface area contributed by atoms with Gasteiger partial charge in [0, 0.05) is 17.8 Å². The maximum atomic E-state index is 12.4. The summed E-state index contributed by atoms with van der Waals surface area (Å²) in [6.07, 6.45) is 0. The average Bonchev–Trinajstić information content (AvgIpc) is 2.75. The lowest BCUT2D eigenvalue weighted by molar-refractivity contribution is -0.384. The molecule has 0 aliphatic heterocycles. The Balaban J connectivity index is 1.80. The molecule has 0 heterocycles. The molecule has 0 aliphatic carbocycles. The number of urea groups is 1. The topological polar surface area (TPSA) is 103 Å². The molecule has 3 aromatic rings. The fourth-order valence-electron chi connectivity index (χ4n) is 2.63. The van der Waals surface area contributed by atoms with Gasteiger partial charge in [-0.15, -0.1) is 0 Å². The molecule has 0 bridgehead atoms. The van der Waals surface area contributed by atoms with Crippen LogP contribution in [0.1, 0.15) is 5.56 Å². The van der Waals surface area contributed by atoms with E-state index < -0.39 is 11.0 Å². The molecule has 3 aromatic carbocycles. The van der Waals surface area contributed by atoms with Crippen molar-refractivity contribution in [3.63, 3.8) is 0 Å². The number of amides is 2. The van der Waals surface area contributed by atoms with E-state index in [1.807, 2.05) is 0 Å². The minimum atomic E-state index is -0.793. The Labute approximate surface area is 207 Å². The van der Waals surface area contributed by atoms with E-state index >= 15 is 0 Å². The summed E-state index contributed by atoms with van der Waals surface area (Å²) in [7, 11) is 1.32. The summed E-state index contributed by atoms with van der Waals surface area (Å²) >= 11 is 24.8. The molecule has 170 valence electrons. The molecule has 0 saturated heterocycles. The van der Waals surface area contributed by atoms with Crippen LogP contribution in [0.3, 0.4) is 0 Å². The van der Waals surface area contributed by atoms with Crippen LogP contribution >= 0.6 is 46.4 Å². The minimum Gasteiger partial charge on any atom is -0.480 e. The quantitative estimate of drug-likeness (QED) is 0.159. The first kappa shape index (κ1) is 24.6. The number of hydrogen-bond donors (Lipinski definition) is 1. The Morgan fingerprint density at radius 1 is 0.970 bits per heavy atom. The zero-order chi connectivity index (χ0) is 24.1. The fraction of sp³-hybridized carbons (Fsp3) is 0.0476. The first-order valence-corrected chi connectivity index (χ1v) is 10.5. The molecule has 0 aromatic heterocycles. The van der Waals surface area contributed by atoms with Crippen molar-refractivity contribution in [2.75, 3.05) is 12.4 Å². The monoisotopic (exact) mass is 527 g/mol. The van der Waals surface area contributed by atoms with E-state index in [0.29, 0.717) is 0 Å². The lowest BCUT2D eigenvalue weighted by Crippen LogP contribution is -2.13. The highest BCUT2D eigenvalue weighted by Crippen LogP contribution is 2.39. The van der Waals surface area contributed by atoms with Crippen LogP contribution in [0.4, 0.5) is 16.2 Å². The fourth-order valence-corrected chi connectivity index (χ4v) is 3.76. The molecule has 0 atom stereocenters. The number of nitro groups is 1. The van der Waals surface area contributed by atoms with Crippen molar-refractivity contribution in [3.8, 4) is 11.5 Å². The highest BCUT2D eigenvalue weighted by Gasteiger charge is 2.17. The number of halogens is 4. The molecule has 0 saturated carbocycles. The third-order valence-corrected chi connectivity index (χ3v) is 5.28. The van der Waals surface area contributed by atoms with Gasteiger partial charge in [0.1, 0.15) is 5.75 Å². The van der Waals surface area contributed by atoms with Gasteiger partial charge in [-0.2, -0.15) is 4.99 Å². The Kier molecular flexibility index (Phi) is 7.99. The van der Waals surface area contributed by atoms with Gasteiger partial charge in [-0.05, 0) is 36.4 Å². The van der Waals surface area contributed by atoms with Gasteiger partial charge < -0.3 is 14.8 Å². The van der Waals surface area contributed by atoms with Crippen LogP contribution in [0.25, 0.3) is 0 Å². The Morgan fingerprint density at radius 3 is 2.06 bits per heavy atom. The lowest BCUT2D eigenvalue weighted by Gasteiger charge is -2.12. The van der Waals surface area contributed by atoms with Crippen LogP contribution in [0.2, 0.25) is 20.1 Å². The van der Waals surface area contributed by atoms with Crippen molar-refractivity contribution in [2.24, 2.45) is 4.99 Å².